The summed E-state index contributed by atoms with van der Waals surface area (Å²) in [4.78, 5) is 0. The maximum atomic E-state index is 13.6. The molecule has 3 heteroatoms. The summed E-state index contributed by atoms with van der Waals surface area (Å²) in [5.74, 6) is -0.810. The Labute approximate surface area is 91.5 Å². The van der Waals surface area contributed by atoms with Crippen LogP contribution < -0.4 is 0 Å². The minimum atomic E-state index is -0.405. The van der Waals surface area contributed by atoms with Crippen molar-refractivity contribution in [3.05, 3.63) is 46.0 Å². The van der Waals surface area contributed by atoms with Gasteiger partial charge in [-0.3, -0.25) is 0 Å². The standard InChI is InChI=1S/C12H9ClF2/c1-6-3-8-5-9(14)7(2)12(13)11(8)10(15)4-6/h3-5H,1-2H3. The van der Waals surface area contributed by atoms with Crippen molar-refractivity contribution < 1.29 is 8.78 Å². The summed E-state index contributed by atoms with van der Waals surface area (Å²) in [6, 6.07) is 4.42. The van der Waals surface area contributed by atoms with Crippen LogP contribution in [0, 0.1) is 25.5 Å². The van der Waals surface area contributed by atoms with E-state index < -0.39 is 11.6 Å². The van der Waals surface area contributed by atoms with Crippen molar-refractivity contribution in [1.82, 2.24) is 0 Å². The van der Waals surface area contributed by atoms with Crippen molar-refractivity contribution in [2.75, 3.05) is 0 Å². The van der Waals surface area contributed by atoms with E-state index in [1.807, 2.05) is 0 Å². The van der Waals surface area contributed by atoms with E-state index in [-0.39, 0.29) is 10.6 Å². The monoisotopic (exact) mass is 226 g/mol. The van der Waals surface area contributed by atoms with Crippen LogP contribution in [0.1, 0.15) is 11.1 Å². The number of hydrogen-bond donors (Lipinski definition) is 0. The van der Waals surface area contributed by atoms with Crippen molar-refractivity contribution in [1.29, 1.82) is 0 Å². The van der Waals surface area contributed by atoms with Gasteiger partial charge < -0.3 is 0 Å². The first-order valence-electron chi connectivity index (χ1n) is 4.55. The summed E-state index contributed by atoms with van der Waals surface area (Å²) >= 11 is 5.91. The van der Waals surface area contributed by atoms with E-state index in [4.69, 9.17) is 11.6 Å². The highest BCUT2D eigenvalue weighted by molar-refractivity contribution is 6.36. The van der Waals surface area contributed by atoms with Gasteiger partial charge in [-0.25, -0.2) is 8.78 Å². The first-order chi connectivity index (χ1) is 7.00. The van der Waals surface area contributed by atoms with Gasteiger partial charge in [0.05, 0.1) is 5.02 Å². The topological polar surface area (TPSA) is 0 Å². The van der Waals surface area contributed by atoms with Crippen molar-refractivity contribution in [2.45, 2.75) is 13.8 Å². The Hall–Kier alpha value is -1.15. The molecule has 0 spiro atoms. The molecule has 0 unspecified atom stereocenters. The van der Waals surface area contributed by atoms with Crippen LogP contribution in [0.5, 0.6) is 0 Å². The van der Waals surface area contributed by atoms with Gasteiger partial charge in [0.2, 0.25) is 0 Å². The average molecular weight is 227 g/mol. The molecule has 0 saturated carbocycles. The zero-order valence-electron chi connectivity index (χ0n) is 8.37. The highest BCUT2D eigenvalue weighted by Gasteiger charge is 2.12. The SMILES string of the molecule is Cc1cc(F)c2c(Cl)c(C)c(F)cc2c1. The molecule has 0 N–H and O–H groups in total. The van der Waals surface area contributed by atoms with Crippen LogP contribution in [0.4, 0.5) is 8.78 Å². The van der Waals surface area contributed by atoms with Crippen molar-refractivity contribution in [3.8, 4) is 0 Å². The molecule has 0 aliphatic rings. The van der Waals surface area contributed by atoms with Gasteiger partial charge in [-0.05, 0) is 36.9 Å². The van der Waals surface area contributed by atoms with E-state index in [2.05, 4.69) is 0 Å². The molecule has 2 rings (SSSR count). The molecule has 0 aliphatic heterocycles. The minimum absolute atomic E-state index is 0.155. The van der Waals surface area contributed by atoms with Gasteiger partial charge in [0, 0.05) is 10.9 Å². The molecule has 78 valence electrons. The summed E-state index contributed by atoms with van der Waals surface area (Å²) in [6.45, 7) is 3.30. The lowest BCUT2D eigenvalue weighted by Crippen LogP contribution is -1.90. The molecule has 0 nitrogen and oxygen atoms in total. The third kappa shape index (κ3) is 1.59. The second-order valence-electron chi connectivity index (χ2n) is 3.64. The third-order valence-corrected chi connectivity index (χ3v) is 2.93. The number of aryl methyl sites for hydroxylation is 1. The second kappa shape index (κ2) is 3.46. The van der Waals surface area contributed by atoms with Gasteiger partial charge in [-0.2, -0.15) is 0 Å². The maximum Gasteiger partial charge on any atom is 0.132 e. The van der Waals surface area contributed by atoms with Crippen LogP contribution in [-0.4, -0.2) is 0 Å². The van der Waals surface area contributed by atoms with Crippen LogP contribution in [0.25, 0.3) is 10.8 Å². The van der Waals surface area contributed by atoms with Crippen LogP contribution in [0.3, 0.4) is 0 Å². The van der Waals surface area contributed by atoms with E-state index in [0.717, 1.165) is 5.56 Å². The number of benzene rings is 2. The van der Waals surface area contributed by atoms with Crippen molar-refractivity contribution in [3.63, 3.8) is 0 Å². The Morgan fingerprint density at radius 3 is 2.33 bits per heavy atom. The Kier molecular flexibility index (Phi) is 2.39. The molecule has 0 aromatic heterocycles. The molecule has 15 heavy (non-hydrogen) atoms. The van der Waals surface area contributed by atoms with Crippen LogP contribution >= 0.6 is 11.6 Å². The Bertz CT molecular complexity index is 547. The highest BCUT2D eigenvalue weighted by atomic mass is 35.5. The summed E-state index contributed by atoms with van der Waals surface area (Å²) in [7, 11) is 0. The molecular formula is C12H9ClF2. The molecule has 0 radical (unpaired) electrons. The van der Waals surface area contributed by atoms with Crippen molar-refractivity contribution >= 4 is 22.4 Å². The van der Waals surface area contributed by atoms with Gasteiger partial charge in [-0.1, -0.05) is 17.7 Å². The zero-order chi connectivity index (χ0) is 11.2. The lowest BCUT2D eigenvalue weighted by atomic mass is 10.0. The molecule has 0 bridgehead atoms. The molecular weight excluding hydrogens is 218 g/mol. The van der Waals surface area contributed by atoms with E-state index in [1.54, 1.807) is 13.0 Å². The lowest BCUT2D eigenvalue weighted by Gasteiger charge is -2.07. The fourth-order valence-corrected chi connectivity index (χ4v) is 1.94. The third-order valence-electron chi connectivity index (χ3n) is 2.45. The molecule has 0 amide bonds. The normalized spacial score (nSPS) is 11.0. The van der Waals surface area contributed by atoms with Gasteiger partial charge in [-0.15, -0.1) is 0 Å². The van der Waals surface area contributed by atoms with Crippen LogP contribution in [0.2, 0.25) is 5.02 Å². The molecule has 0 saturated heterocycles. The number of rotatable bonds is 0. The first-order valence-corrected chi connectivity index (χ1v) is 4.93. The molecule has 0 aliphatic carbocycles. The summed E-state index contributed by atoms with van der Waals surface area (Å²) < 4.78 is 27.0. The van der Waals surface area contributed by atoms with Crippen molar-refractivity contribution in [2.24, 2.45) is 0 Å². The fourth-order valence-electron chi connectivity index (χ4n) is 1.65. The van der Waals surface area contributed by atoms with E-state index in [0.29, 0.717) is 10.8 Å². The summed E-state index contributed by atoms with van der Waals surface area (Å²) in [5, 5.41) is 0.948. The number of fused-ring (bicyclic) bond motifs is 1. The maximum absolute atomic E-state index is 13.6. The van der Waals surface area contributed by atoms with Gasteiger partial charge >= 0.3 is 0 Å². The van der Waals surface area contributed by atoms with Crippen LogP contribution in [-0.2, 0) is 0 Å². The molecule has 2 aromatic rings. The van der Waals surface area contributed by atoms with Gasteiger partial charge in [0.1, 0.15) is 11.6 Å². The predicted molar refractivity (Wildman–Crippen MR) is 58.3 cm³/mol. The summed E-state index contributed by atoms with van der Waals surface area (Å²) in [5.41, 5.74) is 1.03. The molecule has 2 aromatic carbocycles. The zero-order valence-corrected chi connectivity index (χ0v) is 9.12. The second-order valence-corrected chi connectivity index (χ2v) is 4.02. The van der Waals surface area contributed by atoms with Gasteiger partial charge in [0.25, 0.3) is 0 Å². The molecule has 0 atom stereocenters. The lowest BCUT2D eigenvalue weighted by molar-refractivity contribution is 0.618. The quantitative estimate of drug-likeness (QED) is 0.625. The van der Waals surface area contributed by atoms with E-state index in [1.165, 1.54) is 19.1 Å². The predicted octanol–water partition coefficient (Wildman–Crippen LogP) is 4.39. The average Bonchev–Trinajstić information content (AvgIpc) is 2.13. The Balaban J connectivity index is 2.99. The van der Waals surface area contributed by atoms with E-state index >= 15 is 0 Å². The molecule has 0 fully saturated rings. The van der Waals surface area contributed by atoms with Gasteiger partial charge in [0.15, 0.2) is 0 Å². The van der Waals surface area contributed by atoms with Crippen LogP contribution in [0.15, 0.2) is 18.2 Å². The highest BCUT2D eigenvalue weighted by Crippen LogP contribution is 2.31. The number of halogens is 3. The minimum Gasteiger partial charge on any atom is -0.207 e. The first kappa shape index (κ1) is 10.4. The Morgan fingerprint density at radius 1 is 1.00 bits per heavy atom. The largest absolute Gasteiger partial charge is 0.207 e. The number of hydrogen-bond acceptors (Lipinski definition) is 0. The fraction of sp³-hybridized carbons (Fsp3) is 0.167. The summed E-state index contributed by atoms with van der Waals surface area (Å²) in [6.07, 6.45) is 0. The molecule has 0 heterocycles. The Morgan fingerprint density at radius 2 is 1.67 bits per heavy atom. The smallest absolute Gasteiger partial charge is 0.132 e. The van der Waals surface area contributed by atoms with E-state index in [9.17, 15) is 8.78 Å².